The van der Waals surface area contributed by atoms with Gasteiger partial charge in [0.25, 0.3) is 0 Å². The third-order valence-corrected chi connectivity index (χ3v) is 4.84. The first-order valence-corrected chi connectivity index (χ1v) is 9.07. The minimum Gasteiger partial charge on any atom is -0.394 e. The molecule has 12 heteroatoms. The van der Waals surface area contributed by atoms with Crippen LogP contribution in [0.1, 0.15) is 6.42 Å². The Kier molecular flexibility index (Phi) is 11.2. The lowest BCUT2D eigenvalue weighted by molar-refractivity contribution is -0.237. The van der Waals surface area contributed by atoms with Crippen molar-refractivity contribution in [2.24, 2.45) is 0 Å². The Morgan fingerprint density at radius 3 is 2.14 bits per heavy atom. The van der Waals surface area contributed by atoms with Crippen molar-refractivity contribution in [2.45, 2.75) is 67.4 Å². The van der Waals surface area contributed by atoms with Gasteiger partial charge in [-0.05, 0) is 13.0 Å². The Labute approximate surface area is 162 Å². The maximum Gasteiger partial charge on any atom is 0.111 e. The van der Waals surface area contributed by atoms with Crippen LogP contribution in [0.5, 0.6) is 0 Å². The van der Waals surface area contributed by atoms with Gasteiger partial charge in [0.15, 0.2) is 0 Å². The highest BCUT2D eigenvalue weighted by atomic mass is 16.5. The minimum absolute atomic E-state index is 0.295. The molecule has 0 aromatic heterocycles. The molecule has 1 saturated heterocycles. The Hall–Kier alpha value is -0.480. The molecule has 0 spiro atoms. The van der Waals surface area contributed by atoms with E-state index in [0.29, 0.717) is 19.6 Å². The molecule has 28 heavy (non-hydrogen) atoms. The number of aliphatic hydroxyl groups excluding tert-OH is 9. The predicted octanol–water partition coefficient (Wildman–Crippen LogP) is -5.74. The SMILES string of the molecule is COCCCN[C@H]1C(C(O)[C@@H](O)[C@@H](O)[C@H](O)[C@H](O)CO)O[C@H](CO)[C@@H](O)[C@@H]1O. The van der Waals surface area contributed by atoms with Crippen LogP contribution in [0, 0.1) is 0 Å². The van der Waals surface area contributed by atoms with E-state index in [1.54, 1.807) is 0 Å². The molecule has 0 aromatic rings. The first kappa shape index (κ1) is 25.6. The van der Waals surface area contributed by atoms with E-state index in [1.807, 2.05) is 0 Å². The lowest BCUT2D eigenvalue weighted by Crippen LogP contribution is -2.68. The van der Waals surface area contributed by atoms with Crippen molar-refractivity contribution in [2.75, 3.05) is 33.5 Å². The van der Waals surface area contributed by atoms with Crippen molar-refractivity contribution in [3.8, 4) is 0 Å². The average molecular weight is 415 g/mol. The van der Waals surface area contributed by atoms with Gasteiger partial charge in [0.05, 0.1) is 19.3 Å². The van der Waals surface area contributed by atoms with E-state index < -0.39 is 74.2 Å². The fraction of sp³-hybridized carbons (Fsp3) is 1.00. The molecule has 0 aromatic carbocycles. The van der Waals surface area contributed by atoms with Crippen LogP contribution >= 0.6 is 0 Å². The van der Waals surface area contributed by atoms with Crippen molar-refractivity contribution >= 4 is 0 Å². The molecule has 1 aliphatic rings. The number of ether oxygens (including phenoxy) is 2. The summed E-state index contributed by atoms with van der Waals surface area (Å²) in [6.45, 7) is -0.869. The van der Waals surface area contributed by atoms with Gasteiger partial charge in [-0.1, -0.05) is 0 Å². The average Bonchev–Trinajstić information content (AvgIpc) is 2.71. The third-order valence-electron chi connectivity index (χ3n) is 4.84. The zero-order valence-corrected chi connectivity index (χ0v) is 15.7. The van der Waals surface area contributed by atoms with Crippen LogP contribution in [0.15, 0.2) is 0 Å². The molecule has 0 saturated carbocycles. The number of hydrogen-bond acceptors (Lipinski definition) is 12. The number of methoxy groups -OCH3 is 1. The first-order chi connectivity index (χ1) is 13.2. The second kappa shape index (κ2) is 12.3. The molecule has 10 N–H and O–H groups in total. The van der Waals surface area contributed by atoms with Crippen LogP contribution in [0.4, 0.5) is 0 Å². The summed E-state index contributed by atoms with van der Waals surface area (Å²) in [5.41, 5.74) is 0. The number of aliphatic hydroxyl groups is 9. The summed E-state index contributed by atoms with van der Waals surface area (Å²) in [6.07, 6.45) is -14.8. The molecule has 0 bridgehead atoms. The molecule has 0 amide bonds. The molecule has 1 heterocycles. The van der Waals surface area contributed by atoms with Crippen molar-refractivity contribution < 1.29 is 55.4 Å². The van der Waals surface area contributed by atoms with E-state index >= 15 is 0 Å². The number of nitrogens with one attached hydrogen (secondary N) is 1. The second-order valence-electron chi connectivity index (χ2n) is 6.84. The summed E-state index contributed by atoms with van der Waals surface area (Å²) < 4.78 is 10.3. The van der Waals surface area contributed by atoms with Gasteiger partial charge < -0.3 is 60.7 Å². The zero-order chi connectivity index (χ0) is 21.4. The molecule has 1 fully saturated rings. The van der Waals surface area contributed by atoms with Gasteiger partial charge in [0.1, 0.15) is 54.9 Å². The summed E-state index contributed by atoms with van der Waals surface area (Å²) in [6, 6.07) is -1.09. The minimum atomic E-state index is -2.05. The maximum absolute atomic E-state index is 10.5. The van der Waals surface area contributed by atoms with E-state index in [9.17, 15) is 40.9 Å². The quantitative estimate of drug-likeness (QED) is 0.135. The van der Waals surface area contributed by atoms with Crippen LogP contribution in [-0.2, 0) is 9.47 Å². The van der Waals surface area contributed by atoms with Gasteiger partial charge in [0, 0.05) is 13.7 Å². The van der Waals surface area contributed by atoms with Gasteiger partial charge in [-0.3, -0.25) is 0 Å². The first-order valence-electron chi connectivity index (χ1n) is 9.07. The van der Waals surface area contributed by atoms with Gasteiger partial charge in [0.2, 0.25) is 0 Å². The second-order valence-corrected chi connectivity index (χ2v) is 6.84. The fourth-order valence-electron chi connectivity index (χ4n) is 3.09. The molecule has 12 nitrogen and oxygen atoms in total. The van der Waals surface area contributed by atoms with E-state index in [2.05, 4.69) is 5.32 Å². The highest BCUT2D eigenvalue weighted by Gasteiger charge is 2.49. The summed E-state index contributed by atoms with van der Waals surface area (Å²) in [5.74, 6) is 0. The lowest BCUT2D eigenvalue weighted by atomic mass is 9.86. The van der Waals surface area contributed by atoms with Crippen molar-refractivity contribution in [3.05, 3.63) is 0 Å². The molecular formula is C16H33NO11. The van der Waals surface area contributed by atoms with Gasteiger partial charge in [-0.2, -0.15) is 0 Å². The molecule has 1 rings (SSSR count). The monoisotopic (exact) mass is 415 g/mol. The van der Waals surface area contributed by atoms with Crippen LogP contribution in [0.25, 0.3) is 0 Å². The molecule has 0 radical (unpaired) electrons. The Morgan fingerprint density at radius 1 is 0.964 bits per heavy atom. The Balaban J connectivity index is 2.94. The van der Waals surface area contributed by atoms with E-state index in [4.69, 9.17) is 14.6 Å². The Morgan fingerprint density at radius 2 is 1.61 bits per heavy atom. The van der Waals surface area contributed by atoms with Crippen molar-refractivity contribution in [1.82, 2.24) is 5.32 Å². The fourth-order valence-corrected chi connectivity index (χ4v) is 3.09. The van der Waals surface area contributed by atoms with E-state index in [0.717, 1.165) is 0 Å². The smallest absolute Gasteiger partial charge is 0.111 e. The van der Waals surface area contributed by atoms with Gasteiger partial charge >= 0.3 is 0 Å². The topological polar surface area (TPSA) is 213 Å². The molecule has 168 valence electrons. The summed E-state index contributed by atoms with van der Waals surface area (Å²) in [4.78, 5) is 0. The van der Waals surface area contributed by atoms with E-state index in [1.165, 1.54) is 7.11 Å². The molecular weight excluding hydrogens is 382 g/mol. The van der Waals surface area contributed by atoms with Crippen LogP contribution in [0.2, 0.25) is 0 Å². The van der Waals surface area contributed by atoms with Crippen LogP contribution < -0.4 is 5.32 Å². The summed E-state index contributed by atoms with van der Waals surface area (Å²) in [5, 5.41) is 91.2. The molecule has 10 atom stereocenters. The molecule has 1 aliphatic heterocycles. The number of hydrogen-bond donors (Lipinski definition) is 10. The standard InChI is InChI=1S/C16H33NO11/c1-27-4-2-3-17-9-12(23)11(22)8(6-19)28-16(9)15(26)14(25)13(24)10(21)7(20)5-18/h7-26H,2-6H2,1H3/t7-,8-,9-,10-,11-,12-,13+,14+,15?,16?/m1/s1. The van der Waals surface area contributed by atoms with E-state index in [-0.39, 0.29) is 0 Å². The predicted molar refractivity (Wildman–Crippen MR) is 93.2 cm³/mol. The largest absolute Gasteiger partial charge is 0.394 e. The Bertz CT molecular complexity index is 431. The van der Waals surface area contributed by atoms with Gasteiger partial charge in [-0.25, -0.2) is 0 Å². The van der Waals surface area contributed by atoms with Crippen LogP contribution in [-0.4, -0.2) is 140 Å². The normalized spacial score (nSPS) is 33.9. The summed E-state index contributed by atoms with van der Waals surface area (Å²) in [7, 11) is 1.50. The highest BCUT2D eigenvalue weighted by molar-refractivity contribution is 5.01. The van der Waals surface area contributed by atoms with Crippen molar-refractivity contribution in [1.29, 1.82) is 0 Å². The summed E-state index contributed by atoms with van der Waals surface area (Å²) >= 11 is 0. The molecule has 0 aliphatic carbocycles. The van der Waals surface area contributed by atoms with Gasteiger partial charge in [-0.15, -0.1) is 0 Å². The third kappa shape index (κ3) is 6.26. The van der Waals surface area contributed by atoms with Crippen molar-refractivity contribution in [3.63, 3.8) is 0 Å². The zero-order valence-electron chi connectivity index (χ0n) is 15.7. The van der Waals surface area contributed by atoms with Crippen LogP contribution in [0.3, 0.4) is 0 Å². The highest BCUT2D eigenvalue weighted by Crippen LogP contribution is 2.26. The molecule has 2 unspecified atom stereocenters. The number of rotatable bonds is 12. The lowest BCUT2D eigenvalue weighted by Gasteiger charge is -2.46. The maximum atomic E-state index is 10.5.